The van der Waals surface area contributed by atoms with Gasteiger partial charge in [0, 0.05) is 17.0 Å². The largest absolute Gasteiger partial charge is 0.306 e. The second-order valence-electron chi connectivity index (χ2n) is 8.27. The Labute approximate surface area is 159 Å². The Morgan fingerprint density at radius 3 is 1.68 bits per heavy atom. The molecule has 1 unspecified atom stereocenters. The Morgan fingerprint density at radius 2 is 1.28 bits per heavy atom. The number of aryl methyl sites for hydroxylation is 2. The highest BCUT2D eigenvalue weighted by Gasteiger charge is 2.38. The summed E-state index contributed by atoms with van der Waals surface area (Å²) in [6.07, 6.45) is 5.83. The zero-order valence-corrected chi connectivity index (χ0v) is 16.8. The van der Waals surface area contributed by atoms with Crippen molar-refractivity contribution in [1.29, 1.82) is 0 Å². The summed E-state index contributed by atoms with van der Waals surface area (Å²) in [5, 5.41) is 3.75. The summed E-state index contributed by atoms with van der Waals surface area (Å²) in [5.74, 6) is 0. The van der Waals surface area contributed by atoms with E-state index in [0.29, 0.717) is 6.04 Å². The fraction of sp³-hybridized carbons (Fsp3) is 0.391. The summed E-state index contributed by atoms with van der Waals surface area (Å²) in [6.45, 7) is 11.0. The lowest BCUT2D eigenvalue weighted by Crippen LogP contribution is -2.43. The minimum atomic E-state index is -0.0374. The van der Waals surface area contributed by atoms with Crippen molar-refractivity contribution in [2.45, 2.75) is 58.0 Å². The van der Waals surface area contributed by atoms with E-state index >= 15 is 0 Å². The monoisotopic (exact) mass is 355 g/mol. The first kappa shape index (κ1) is 19.8. The number of rotatable bonds is 3. The normalized spacial score (nSPS) is 18.8. The van der Waals surface area contributed by atoms with Crippen LogP contribution in [0.2, 0.25) is 0 Å². The van der Waals surface area contributed by atoms with Gasteiger partial charge in [-0.25, -0.2) is 0 Å². The van der Waals surface area contributed by atoms with Gasteiger partial charge in [-0.3, -0.25) is 0 Å². The average Bonchev–Trinajstić information content (AvgIpc) is 2.91. The van der Waals surface area contributed by atoms with Crippen molar-refractivity contribution in [3.63, 3.8) is 0 Å². The third kappa shape index (κ3) is 4.34. The summed E-state index contributed by atoms with van der Waals surface area (Å²) in [6, 6.07) is 18.5. The van der Waals surface area contributed by atoms with Gasteiger partial charge in [-0.15, -0.1) is 12.4 Å². The van der Waals surface area contributed by atoms with Crippen molar-refractivity contribution in [2.75, 3.05) is 0 Å². The average molecular weight is 356 g/mol. The van der Waals surface area contributed by atoms with Crippen molar-refractivity contribution >= 4 is 12.4 Å². The van der Waals surface area contributed by atoms with E-state index in [1.165, 1.54) is 22.3 Å². The van der Waals surface area contributed by atoms with E-state index in [1.807, 2.05) is 0 Å². The van der Waals surface area contributed by atoms with Gasteiger partial charge in [-0.2, -0.15) is 0 Å². The van der Waals surface area contributed by atoms with Crippen LogP contribution in [0.4, 0.5) is 0 Å². The molecule has 0 radical (unpaired) electrons. The van der Waals surface area contributed by atoms with Crippen LogP contribution in [-0.2, 0) is 5.41 Å². The molecule has 2 aromatic carbocycles. The van der Waals surface area contributed by atoms with Gasteiger partial charge < -0.3 is 5.32 Å². The quantitative estimate of drug-likeness (QED) is 0.693. The van der Waals surface area contributed by atoms with Crippen LogP contribution in [0.15, 0.2) is 60.7 Å². The molecule has 0 aromatic heterocycles. The summed E-state index contributed by atoms with van der Waals surface area (Å²) in [5.41, 5.74) is 5.46. The minimum absolute atomic E-state index is 0. The van der Waals surface area contributed by atoms with Gasteiger partial charge in [-0.1, -0.05) is 71.8 Å². The first-order chi connectivity index (χ1) is 11.3. The van der Waals surface area contributed by atoms with E-state index in [9.17, 15) is 0 Å². The maximum atomic E-state index is 3.75. The Bertz CT molecular complexity index is 675. The van der Waals surface area contributed by atoms with Crippen molar-refractivity contribution < 1.29 is 0 Å². The van der Waals surface area contributed by atoms with Crippen molar-refractivity contribution in [3.8, 4) is 0 Å². The van der Waals surface area contributed by atoms with Crippen LogP contribution >= 0.6 is 12.4 Å². The molecular formula is C23H30ClN. The van der Waals surface area contributed by atoms with Crippen molar-refractivity contribution in [1.82, 2.24) is 5.32 Å². The molecule has 1 aliphatic rings. The first-order valence-electron chi connectivity index (χ1n) is 8.90. The van der Waals surface area contributed by atoms with E-state index in [2.05, 4.69) is 101 Å². The van der Waals surface area contributed by atoms with E-state index in [-0.39, 0.29) is 23.4 Å². The molecule has 0 spiro atoms. The molecule has 1 N–H and O–H groups in total. The predicted octanol–water partition coefficient (Wildman–Crippen LogP) is 5.73. The Morgan fingerprint density at radius 1 is 0.840 bits per heavy atom. The summed E-state index contributed by atoms with van der Waals surface area (Å²) in [7, 11) is 0. The van der Waals surface area contributed by atoms with Crippen LogP contribution in [0, 0.1) is 13.8 Å². The molecule has 0 saturated heterocycles. The lowest BCUT2D eigenvalue weighted by atomic mass is 9.73. The highest BCUT2D eigenvalue weighted by molar-refractivity contribution is 5.85. The fourth-order valence-electron chi connectivity index (χ4n) is 3.72. The van der Waals surface area contributed by atoms with Gasteiger partial charge in [0.2, 0.25) is 0 Å². The van der Waals surface area contributed by atoms with E-state index in [0.717, 1.165) is 6.42 Å². The molecule has 0 aliphatic heterocycles. The number of nitrogens with one attached hydrogen (secondary N) is 1. The molecule has 1 nitrogen and oxygen atoms in total. The highest BCUT2D eigenvalue weighted by Crippen LogP contribution is 2.42. The van der Waals surface area contributed by atoms with Crippen LogP contribution in [0.25, 0.3) is 0 Å². The van der Waals surface area contributed by atoms with Gasteiger partial charge in [-0.05, 0) is 52.2 Å². The van der Waals surface area contributed by atoms with Gasteiger partial charge in [0.25, 0.3) is 0 Å². The van der Waals surface area contributed by atoms with Crippen LogP contribution in [0.5, 0.6) is 0 Å². The third-order valence-corrected chi connectivity index (χ3v) is 4.91. The molecule has 0 fully saturated rings. The summed E-state index contributed by atoms with van der Waals surface area (Å²) >= 11 is 0. The molecule has 25 heavy (non-hydrogen) atoms. The molecule has 0 bridgehead atoms. The van der Waals surface area contributed by atoms with Crippen molar-refractivity contribution in [3.05, 3.63) is 82.9 Å². The molecule has 1 aliphatic carbocycles. The number of hydrogen-bond acceptors (Lipinski definition) is 1. The van der Waals surface area contributed by atoms with E-state index < -0.39 is 0 Å². The van der Waals surface area contributed by atoms with Crippen LogP contribution in [0.1, 0.15) is 49.4 Å². The standard InChI is InChI=1S/C23H29N.ClH/c1-17-6-10-19(11-7-17)23(20-12-8-18(2)9-13-20)15-14-21(16-23)24-22(3,4)5;/h6-15,21,24H,16H2,1-5H3;1H. The third-order valence-electron chi connectivity index (χ3n) is 4.91. The van der Waals surface area contributed by atoms with Crippen LogP contribution < -0.4 is 5.32 Å². The fourth-order valence-corrected chi connectivity index (χ4v) is 3.72. The first-order valence-corrected chi connectivity index (χ1v) is 8.90. The predicted molar refractivity (Wildman–Crippen MR) is 111 cm³/mol. The molecule has 2 aromatic rings. The van der Waals surface area contributed by atoms with Crippen molar-refractivity contribution in [2.24, 2.45) is 0 Å². The molecule has 3 rings (SSSR count). The SMILES string of the molecule is Cc1ccc(C2(c3ccc(C)cc3)C=CC(NC(C)(C)C)C2)cc1.Cl. The molecule has 1 atom stereocenters. The Hall–Kier alpha value is -1.57. The smallest absolute Gasteiger partial charge is 0.0400 e. The molecule has 0 saturated carbocycles. The number of allylic oxidation sites excluding steroid dienone is 1. The minimum Gasteiger partial charge on any atom is -0.306 e. The maximum Gasteiger partial charge on any atom is 0.0400 e. The molecular weight excluding hydrogens is 326 g/mol. The second kappa shape index (κ2) is 7.35. The number of halogens is 1. The Balaban J connectivity index is 0.00000225. The molecule has 0 amide bonds. The summed E-state index contributed by atoms with van der Waals surface area (Å²) < 4.78 is 0. The van der Waals surface area contributed by atoms with Crippen LogP contribution in [-0.4, -0.2) is 11.6 Å². The van der Waals surface area contributed by atoms with Gasteiger partial charge in [0.1, 0.15) is 0 Å². The molecule has 0 heterocycles. The number of hydrogen-bond donors (Lipinski definition) is 1. The second-order valence-corrected chi connectivity index (χ2v) is 8.27. The van der Waals surface area contributed by atoms with E-state index in [4.69, 9.17) is 0 Å². The topological polar surface area (TPSA) is 12.0 Å². The van der Waals surface area contributed by atoms with Gasteiger partial charge >= 0.3 is 0 Å². The highest BCUT2D eigenvalue weighted by atomic mass is 35.5. The van der Waals surface area contributed by atoms with Gasteiger partial charge in [0.15, 0.2) is 0 Å². The molecule has 134 valence electrons. The molecule has 2 heteroatoms. The Kier molecular flexibility index (Phi) is 5.81. The van der Waals surface area contributed by atoms with Crippen LogP contribution in [0.3, 0.4) is 0 Å². The maximum absolute atomic E-state index is 3.75. The zero-order chi connectivity index (χ0) is 17.4. The summed E-state index contributed by atoms with van der Waals surface area (Å²) in [4.78, 5) is 0. The van der Waals surface area contributed by atoms with Gasteiger partial charge in [0.05, 0.1) is 0 Å². The number of benzene rings is 2. The zero-order valence-electron chi connectivity index (χ0n) is 16.0. The van der Waals surface area contributed by atoms with E-state index in [1.54, 1.807) is 0 Å². The lowest BCUT2D eigenvalue weighted by molar-refractivity contribution is 0.371. The lowest BCUT2D eigenvalue weighted by Gasteiger charge is -2.33.